The average molecular weight is 175 g/mol. The van der Waals surface area contributed by atoms with Crippen molar-refractivity contribution in [2.45, 2.75) is 27.2 Å². The lowest BCUT2D eigenvalue weighted by Gasteiger charge is -2.16. The van der Waals surface area contributed by atoms with Crippen molar-refractivity contribution in [3.8, 4) is 6.07 Å². The number of nitrogens with zero attached hydrogens (tertiary/aromatic N) is 3. The third-order valence-corrected chi connectivity index (χ3v) is 1.53. The molecule has 1 rings (SSSR count). The van der Waals surface area contributed by atoms with Crippen LogP contribution >= 0.6 is 0 Å². The highest BCUT2D eigenvalue weighted by Gasteiger charge is 2.12. The molecule has 0 saturated carbocycles. The molecule has 13 heavy (non-hydrogen) atoms. The lowest BCUT2D eigenvalue weighted by Crippen LogP contribution is -2.10. The molecular formula is C10H13N3. The molecule has 0 bridgehead atoms. The Morgan fingerprint density at radius 3 is 2.38 bits per heavy atom. The molecule has 0 amide bonds. The molecule has 0 spiro atoms. The van der Waals surface area contributed by atoms with Gasteiger partial charge in [0.1, 0.15) is 6.07 Å². The van der Waals surface area contributed by atoms with Crippen LogP contribution in [-0.4, -0.2) is 9.97 Å². The van der Waals surface area contributed by atoms with Gasteiger partial charge >= 0.3 is 0 Å². The predicted octanol–water partition coefficient (Wildman–Crippen LogP) is 1.94. The summed E-state index contributed by atoms with van der Waals surface area (Å²) in [4.78, 5) is 8.11. The van der Waals surface area contributed by atoms with Crippen molar-refractivity contribution in [1.82, 2.24) is 9.97 Å². The molecule has 1 aromatic rings. The van der Waals surface area contributed by atoms with Gasteiger partial charge in [0.2, 0.25) is 0 Å². The molecule has 3 heteroatoms. The van der Waals surface area contributed by atoms with E-state index in [1.807, 2.05) is 6.07 Å². The Balaban J connectivity index is 2.77. The Morgan fingerprint density at radius 1 is 1.31 bits per heavy atom. The largest absolute Gasteiger partial charge is 0.257 e. The number of nitriles is 1. The predicted molar refractivity (Wildman–Crippen MR) is 49.9 cm³/mol. The monoisotopic (exact) mass is 175 g/mol. The quantitative estimate of drug-likeness (QED) is 0.655. The van der Waals surface area contributed by atoms with Crippen LogP contribution in [0.1, 0.15) is 32.2 Å². The second-order valence-corrected chi connectivity index (χ2v) is 4.24. The minimum atomic E-state index is 0.211. The van der Waals surface area contributed by atoms with Crippen molar-refractivity contribution in [3.05, 3.63) is 23.8 Å². The molecule has 0 fully saturated rings. The maximum Gasteiger partial charge on any atom is 0.158 e. The van der Waals surface area contributed by atoms with E-state index < -0.39 is 0 Å². The van der Waals surface area contributed by atoms with Gasteiger partial charge in [-0.3, -0.25) is 4.98 Å². The standard InChI is InChI=1S/C10H13N3/c1-10(2,3)4-8-6-13-9(5-11)7-12-8/h6-7H,4H2,1-3H3. The van der Waals surface area contributed by atoms with Crippen molar-refractivity contribution in [1.29, 1.82) is 5.26 Å². The first kappa shape index (κ1) is 9.66. The minimum absolute atomic E-state index is 0.211. The number of aromatic nitrogens is 2. The molecule has 68 valence electrons. The van der Waals surface area contributed by atoms with Crippen LogP contribution < -0.4 is 0 Å². The lowest BCUT2D eigenvalue weighted by atomic mass is 9.91. The zero-order valence-corrected chi connectivity index (χ0v) is 8.20. The van der Waals surface area contributed by atoms with E-state index in [-0.39, 0.29) is 5.41 Å². The van der Waals surface area contributed by atoms with Gasteiger partial charge in [-0.05, 0) is 11.8 Å². The van der Waals surface area contributed by atoms with Gasteiger partial charge in [0.05, 0.1) is 11.9 Å². The van der Waals surface area contributed by atoms with Crippen LogP contribution in [0.25, 0.3) is 0 Å². The van der Waals surface area contributed by atoms with Gasteiger partial charge < -0.3 is 0 Å². The third kappa shape index (κ3) is 3.20. The Morgan fingerprint density at radius 2 is 2.00 bits per heavy atom. The molecule has 0 aliphatic rings. The number of rotatable bonds is 1. The second-order valence-electron chi connectivity index (χ2n) is 4.24. The summed E-state index contributed by atoms with van der Waals surface area (Å²) in [5, 5.41) is 8.51. The van der Waals surface area contributed by atoms with Crippen LogP contribution in [0.5, 0.6) is 0 Å². The molecule has 0 atom stereocenters. The van der Waals surface area contributed by atoms with Gasteiger partial charge in [-0.2, -0.15) is 5.26 Å². The summed E-state index contributed by atoms with van der Waals surface area (Å²) in [6.07, 6.45) is 4.07. The van der Waals surface area contributed by atoms with Gasteiger partial charge in [0.15, 0.2) is 5.69 Å². The highest BCUT2D eigenvalue weighted by molar-refractivity contribution is 5.16. The van der Waals surface area contributed by atoms with E-state index in [1.165, 1.54) is 6.20 Å². The van der Waals surface area contributed by atoms with Crippen molar-refractivity contribution in [2.24, 2.45) is 5.41 Å². The normalized spacial score (nSPS) is 10.9. The molecule has 0 aliphatic carbocycles. The maximum atomic E-state index is 8.51. The van der Waals surface area contributed by atoms with E-state index in [2.05, 4.69) is 30.7 Å². The number of hydrogen-bond acceptors (Lipinski definition) is 3. The van der Waals surface area contributed by atoms with Crippen molar-refractivity contribution < 1.29 is 0 Å². The highest BCUT2D eigenvalue weighted by Crippen LogP contribution is 2.18. The molecule has 0 unspecified atom stereocenters. The third-order valence-electron chi connectivity index (χ3n) is 1.53. The fourth-order valence-corrected chi connectivity index (χ4v) is 1.05. The zero-order valence-electron chi connectivity index (χ0n) is 8.20. The summed E-state index contributed by atoms with van der Waals surface area (Å²) in [6, 6.07) is 1.94. The Bertz CT molecular complexity index is 314. The summed E-state index contributed by atoms with van der Waals surface area (Å²) >= 11 is 0. The Hall–Kier alpha value is -1.43. The van der Waals surface area contributed by atoms with Gasteiger partial charge in [-0.1, -0.05) is 20.8 Å². The SMILES string of the molecule is CC(C)(C)Cc1cnc(C#N)cn1. The Labute approximate surface area is 78.5 Å². The first-order valence-corrected chi connectivity index (χ1v) is 4.22. The van der Waals surface area contributed by atoms with E-state index in [9.17, 15) is 0 Å². The first-order valence-electron chi connectivity index (χ1n) is 4.22. The average Bonchev–Trinajstić information content (AvgIpc) is 2.03. The van der Waals surface area contributed by atoms with E-state index >= 15 is 0 Å². The van der Waals surface area contributed by atoms with Crippen molar-refractivity contribution in [3.63, 3.8) is 0 Å². The molecule has 3 nitrogen and oxygen atoms in total. The summed E-state index contributed by atoms with van der Waals surface area (Å²) in [5.74, 6) is 0. The zero-order chi connectivity index (χ0) is 9.90. The van der Waals surface area contributed by atoms with E-state index in [1.54, 1.807) is 6.20 Å². The van der Waals surface area contributed by atoms with Crippen LogP contribution in [0.4, 0.5) is 0 Å². The van der Waals surface area contributed by atoms with E-state index in [0.29, 0.717) is 5.69 Å². The van der Waals surface area contributed by atoms with Gasteiger partial charge in [-0.15, -0.1) is 0 Å². The molecule has 0 aromatic carbocycles. The van der Waals surface area contributed by atoms with Crippen molar-refractivity contribution in [2.75, 3.05) is 0 Å². The minimum Gasteiger partial charge on any atom is -0.257 e. The first-order chi connectivity index (χ1) is 6.01. The molecule has 0 radical (unpaired) electrons. The van der Waals surface area contributed by atoms with Gasteiger partial charge in [0, 0.05) is 6.20 Å². The Kier molecular flexibility index (Phi) is 2.62. The summed E-state index contributed by atoms with van der Waals surface area (Å²) in [7, 11) is 0. The van der Waals surface area contributed by atoms with E-state index in [4.69, 9.17) is 5.26 Å². The van der Waals surface area contributed by atoms with Gasteiger partial charge in [-0.25, -0.2) is 4.98 Å². The van der Waals surface area contributed by atoms with Gasteiger partial charge in [0.25, 0.3) is 0 Å². The fourth-order valence-electron chi connectivity index (χ4n) is 1.05. The lowest BCUT2D eigenvalue weighted by molar-refractivity contribution is 0.405. The number of hydrogen-bond donors (Lipinski definition) is 0. The summed E-state index contributed by atoms with van der Waals surface area (Å²) in [5.41, 5.74) is 1.52. The topological polar surface area (TPSA) is 49.6 Å². The van der Waals surface area contributed by atoms with Crippen LogP contribution in [0, 0.1) is 16.7 Å². The molecule has 1 aromatic heterocycles. The summed E-state index contributed by atoms with van der Waals surface area (Å²) in [6.45, 7) is 6.44. The summed E-state index contributed by atoms with van der Waals surface area (Å²) < 4.78 is 0. The molecule has 0 saturated heterocycles. The molecule has 0 aliphatic heterocycles. The van der Waals surface area contributed by atoms with Crippen LogP contribution in [0.15, 0.2) is 12.4 Å². The van der Waals surface area contributed by atoms with Crippen molar-refractivity contribution >= 4 is 0 Å². The molecular weight excluding hydrogens is 162 g/mol. The van der Waals surface area contributed by atoms with Crippen LogP contribution in [0.2, 0.25) is 0 Å². The fraction of sp³-hybridized carbons (Fsp3) is 0.500. The smallest absolute Gasteiger partial charge is 0.158 e. The molecule has 0 N–H and O–H groups in total. The van der Waals surface area contributed by atoms with E-state index in [0.717, 1.165) is 12.1 Å². The second kappa shape index (κ2) is 3.53. The highest BCUT2D eigenvalue weighted by atomic mass is 14.8. The molecule has 1 heterocycles. The van der Waals surface area contributed by atoms with Crippen LogP contribution in [-0.2, 0) is 6.42 Å². The van der Waals surface area contributed by atoms with Crippen LogP contribution in [0.3, 0.4) is 0 Å². The maximum absolute atomic E-state index is 8.51.